The van der Waals surface area contributed by atoms with Crippen LogP contribution in [0, 0.1) is 0 Å². The highest BCUT2D eigenvalue weighted by atomic mass is 16.5. The van der Waals surface area contributed by atoms with Gasteiger partial charge in [-0.1, -0.05) is 0 Å². The maximum Gasteiger partial charge on any atom is 0.0742 e. The van der Waals surface area contributed by atoms with E-state index in [1.807, 2.05) is 0 Å². The van der Waals surface area contributed by atoms with E-state index in [1.54, 1.807) is 0 Å². The third kappa shape index (κ3) is 22.6. The molecule has 0 aliphatic carbocycles. The molecular formula is C7H18O5. The molecule has 0 aromatic heterocycles. The molecule has 0 radical (unpaired) electrons. The van der Waals surface area contributed by atoms with Gasteiger partial charge >= 0.3 is 0 Å². The van der Waals surface area contributed by atoms with E-state index >= 15 is 0 Å². The van der Waals surface area contributed by atoms with E-state index in [0.29, 0.717) is 13.2 Å². The van der Waals surface area contributed by atoms with Crippen molar-refractivity contribution in [2.75, 3.05) is 33.0 Å². The Balaban J connectivity index is 0. The zero-order chi connectivity index (χ0) is 9.82. The van der Waals surface area contributed by atoms with E-state index in [1.165, 1.54) is 6.92 Å². The van der Waals surface area contributed by atoms with Crippen LogP contribution in [-0.2, 0) is 4.74 Å². The summed E-state index contributed by atoms with van der Waals surface area (Å²) in [4.78, 5) is 0. The molecule has 1 unspecified atom stereocenters. The van der Waals surface area contributed by atoms with Gasteiger partial charge in [0.2, 0.25) is 0 Å². The predicted octanol–water partition coefficient (Wildman–Crippen LogP) is -1.65. The van der Waals surface area contributed by atoms with Crippen LogP contribution in [-0.4, -0.2) is 59.6 Å². The second kappa shape index (κ2) is 13.4. The normalized spacial score (nSPS) is 11.8. The summed E-state index contributed by atoms with van der Waals surface area (Å²) in [5.74, 6) is 0. The molecular weight excluding hydrogens is 164 g/mol. The molecule has 1 atom stereocenters. The Kier molecular flexibility index (Phi) is 16.0. The average molecular weight is 182 g/mol. The first-order valence-electron chi connectivity index (χ1n) is 3.77. The lowest BCUT2D eigenvalue weighted by Crippen LogP contribution is -2.03. The second-order valence-electron chi connectivity index (χ2n) is 2.09. The molecule has 5 heteroatoms. The van der Waals surface area contributed by atoms with Gasteiger partial charge in [0.05, 0.1) is 39.1 Å². The van der Waals surface area contributed by atoms with Crippen molar-refractivity contribution >= 4 is 0 Å². The van der Waals surface area contributed by atoms with Crippen LogP contribution in [0.2, 0.25) is 0 Å². The maximum atomic E-state index is 8.11. The first-order valence-corrected chi connectivity index (χ1v) is 3.77. The van der Waals surface area contributed by atoms with Crippen LogP contribution in [0.1, 0.15) is 6.92 Å². The summed E-state index contributed by atoms with van der Waals surface area (Å²) in [6.07, 6.45) is -0.560. The molecule has 12 heavy (non-hydrogen) atoms. The number of ether oxygens (including phenoxy) is 1. The van der Waals surface area contributed by atoms with Crippen molar-refractivity contribution in [1.82, 2.24) is 0 Å². The number of hydrogen-bond acceptors (Lipinski definition) is 5. The Morgan fingerprint density at radius 3 is 1.58 bits per heavy atom. The first-order chi connectivity index (χ1) is 5.68. The average Bonchev–Trinajstić information content (AvgIpc) is 2.07. The molecule has 0 saturated heterocycles. The predicted molar refractivity (Wildman–Crippen MR) is 43.8 cm³/mol. The van der Waals surface area contributed by atoms with Gasteiger partial charge in [-0.05, 0) is 6.92 Å². The van der Waals surface area contributed by atoms with Gasteiger partial charge in [-0.25, -0.2) is 0 Å². The molecule has 0 amide bonds. The smallest absolute Gasteiger partial charge is 0.0742 e. The lowest BCUT2D eigenvalue weighted by Gasteiger charge is -1.94. The molecule has 0 aromatic rings. The summed E-state index contributed by atoms with van der Waals surface area (Å²) in [7, 11) is 0. The zero-order valence-electron chi connectivity index (χ0n) is 7.31. The van der Waals surface area contributed by atoms with E-state index in [-0.39, 0.29) is 19.8 Å². The minimum Gasteiger partial charge on any atom is -0.394 e. The molecule has 0 aromatic carbocycles. The third-order valence-electron chi connectivity index (χ3n) is 0.735. The van der Waals surface area contributed by atoms with Gasteiger partial charge in [0.1, 0.15) is 0 Å². The summed E-state index contributed by atoms with van der Waals surface area (Å²) in [6, 6.07) is 0. The van der Waals surface area contributed by atoms with E-state index < -0.39 is 6.10 Å². The Bertz CT molecular complexity index is 62.8. The van der Waals surface area contributed by atoms with Gasteiger partial charge in [0.15, 0.2) is 0 Å². The Morgan fingerprint density at radius 2 is 1.42 bits per heavy atom. The monoisotopic (exact) mass is 182 g/mol. The van der Waals surface area contributed by atoms with Crippen molar-refractivity contribution in [1.29, 1.82) is 0 Å². The molecule has 0 aliphatic rings. The third-order valence-corrected chi connectivity index (χ3v) is 0.735. The molecule has 4 N–H and O–H groups in total. The van der Waals surface area contributed by atoms with Gasteiger partial charge in [-0.3, -0.25) is 0 Å². The quantitative estimate of drug-likeness (QED) is 0.382. The first kappa shape index (κ1) is 14.3. The highest BCUT2D eigenvalue weighted by Crippen LogP contribution is 1.69. The molecule has 0 bridgehead atoms. The minimum absolute atomic E-state index is 0.0278. The molecule has 0 fully saturated rings. The van der Waals surface area contributed by atoms with Gasteiger partial charge < -0.3 is 25.2 Å². The van der Waals surface area contributed by atoms with Crippen LogP contribution in [0.25, 0.3) is 0 Å². The van der Waals surface area contributed by atoms with Crippen LogP contribution in [0.15, 0.2) is 0 Å². The lowest BCUT2D eigenvalue weighted by atomic mass is 10.5. The largest absolute Gasteiger partial charge is 0.394 e. The Labute approximate surface area is 72.2 Å². The van der Waals surface area contributed by atoms with E-state index in [0.717, 1.165) is 0 Å². The second-order valence-corrected chi connectivity index (χ2v) is 2.09. The lowest BCUT2D eigenvalue weighted by molar-refractivity contribution is 0.0650. The number of rotatable bonds is 5. The van der Waals surface area contributed by atoms with Crippen LogP contribution in [0.4, 0.5) is 0 Å². The van der Waals surface area contributed by atoms with Gasteiger partial charge in [0.25, 0.3) is 0 Å². The molecule has 0 spiro atoms. The summed E-state index contributed by atoms with van der Waals surface area (Å²) >= 11 is 0. The molecule has 76 valence electrons. The number of aliphatic hydroxyl groups is 4. The summed E-state index contributed by atoms with van der Waals surface area (Å²) < 4.78 is 4.63. The van der Waals surface area contributed by atoms with E-state index in [2.05, 4.69) is 4.74 Å². The molecule has 5 nitrogen and oxygen atoms in total. The van der Waals surface area contributed by atoms with Crippen molar-refractivity contribution in [3.8, 4) is 0 Å². The fourth-order valence-corrected chi connectivity index (χ4v) is 0.231. The van der Waals surface area contributed by atoms with Crippen molar-refractivity contribution < 1.29 is 25.2 Å². The van der Waals surface area contributed by atoms with Crippen LogP contribution < -0.4 is 0 Å². The molecule has 0 aliphatic heterocycles. The van der Waals surface area contributed by atoms with Crippen molar-refractivity contribution in [2.45, 2.75) is 13.0 Å². The van der Waals surface area contributed by atoms with Gasteiger partial charge in [-0.15, -0.1) is 0 Å². The summed E-state index contributed by atoms with van der Waals surface area (Å²) in [5.41, 5.74) is 0. The zero-order valence-corrected chi connectivity index (χ0v) is 7.31. The Hall–Kier alpha value is -0.200. The maximum absolute atomic E-state index is 8.11. The molecule has 0 rings (SSSR count). The van der Waals surface area contributed by atoms with Crippen molar-refractivity contribution in [3.05, 3.63) is 0 Å². The fraction of sp³-hybridized carbons (Fsp3) is 1.00. The van der Waals surface area contributed by atoms with Crippen molar-refractivity contribution in [3.63, 3.8) is 0 Å². The minimum atomic E-state index is -0.560. The summed E-state index contributed by atoms with van der Waals surface area (Å²) in [6.45, 7) is 2.08. The standard InChI is InChI=1S/C4H10O3.C3H8O2/c5-1-3-7-4-2-6;1-3(5)2-4/h5-6H,1-4H2;3-5H,2H2,1H3. The topological polar surface area (TPSA) is 90.2 Å². The summed E-state index contributed by atoms with van der Waals surface area (Å²) in [5, 5.41) is 32.2. The fourth-order valence-electron chi connectivity index (χ4n) is 0.231. The highest BCUT2D eigenvalue weighted by Gasteiger charge is 1.83. The van der Waals surface area contributed by atoms with E-state index in [4.69, 9.17) is 20.4 Å². The Morgan fingerprint density at radius 1 is 1.08 bits per heavy atom. The highest BCUT2D eigenvalue weighted by molar-refractivity contribution is 4.34. The van der Waals surface area contributed by atoms with Crippen LogP contribution in [0.5, 0.6) is 0 Å². The van der Waals surface area contributed by atoms with E-state index in [9.17, 15) is 0 Å². The van der Waals surface area contributed by atoms with Gasteiger partial charge in [-0.2, -0.15) is 0 Å². The van der Waals surface area contributed by atoms with Crippen molar-refractivity contribution in [2.24, 2.45) is 0 Å². The van der Waals surface area contributed by atoms with Crippen LogP contribution in [0.3, 0.4) is 0 Å². The SMILES string of the molecule is CC(O)CO.OCCOCCO. The number of hydrogen-bond donors (Lipinski definition) is 4. The molecule has 0 saturated carbocycles. The van der Waals surface area contributed by atoms with Gasteiger partial charge in [0, 0.05) is 0 Å². The van der Waals surface area contributed by atoms with Crippen LogP contribution >= 0.6 is 0 Å². The number of aliphatic hydroxyl groups excluding tert-OH is 4. The molecule has 0 heterocycles.